The summed E-state index contributed by atoms with van der Waals surface area (Å²) in [6.07, 6.45) is 0.728. The van der Waals surface area contributed by atoms with Crippen LogP contribution in [0.2, 0.25) is 0 Å². The van der Waals surface area contributed by atoms with Crippen LogP contribution in [0.3, 0.4) is 0 Å². The summed E-state index contributed by atoms with van der Waals surface area (Å²) in [5.41, 5.74) is 1.36. The second-order valence-electron chi connectivity index (χ2n) is 4.74. The minimum absolute atomic E-state index is 0.0640. The number of nitrogens with one attached hydrogen (secondary N) is 1. The highest BCUT2D eigenvalue weighted by molar-refractivity contribution is 5.47. The van der Waals surface area contributed by atoms with Crippen molar-refractivity contribution in [1.29, 1.82) is 0 Å². The monoisotopic (exact) mass is 286 g/mol. The normalized spacial score (nSPS) is 17.3. The van der Waals surface area contributed by atoms with Gasteiger partial charge in [-0.1, -0.05) is 12.1 Å². The SMILES string of the molecule is Fc1cccc2c1OCC[C@@H]2Nc1ccc2nnnn2n1. The number of anilines is 1. The Balaban J connectivity index is 1.67. The molecule has 0 aliphatic carbocycles. The van der Waals surface area contributed by atoms with Gasteiger partial charge in [-0.25, -0.2) is 4.39 Å². The Morgan fingerprint density at radius 3 is 3.19 bits per heavy atom. The van der Waals surface area contributed by atoms with Crippen LogP contribution in [0.15, 0.2) is 30.3 Å². The lowest BCUT2D eigenvalue weighted by Gasteiger charge is -2.27. The van der Waals surface area contributed by atoms with Crippen molar-refractivity contribution < 1.29 is 9.13 Å². The number of halogens is 1. The molecule has 0 radical (unpaired) electrons. The molecule has 1 N–H and O–H groups in total. The zero-order chi connectivity index (χ0) is 14.2. The summed E-state index contributed by atoms with van der Waals surface area (Å²) in [6, 6.07) is 8.42. The first kappa shape index (κ1) is 12.0. The minimum Gasteiger partial charge on any atom is -0.490 e. The molecule has 1 aliphatic rings. The maximum Gasteiger partial charge on any atom is 0.200 e. The van der Waals surface area contributed by atoms with Gasteiger partial charge in [0.1, 0.15) is 5.82 Å². The number of hydrogen-bond donors (Lipinski definition) is 1. The van der Waals surface area contributed by atoms with Gasteiger partial charge in [-0.2, -0.15) is 0 Å². The molecule has 106 valence electrons. The number of fused-ring (bicyclic) bond motifs is 2. The van der Waals surface area contributed by atoms with Gasteiger partial charge in [0.2, 0.25) is 0 Å². The average Bonchev–Trinajstić information content (AvgIpc) is 2.96. The van der Waals surface area contributed by atoms with E-state index in [2.05, 4.69) is 25.9 Å². The molecular weight excluding hydrogens is 275 g/mol. The first-order valence-electron chi connectivity index (χ1n) is 6.54. The van der Waals surface area contributed by atoms with E-state index in [9.17, 15) is 4.39 Å². The number of benzene rings is 1. The van der Waals surface area contributed by atoms with Crippen molar-refractivity contribution >= 4 is 11.5 Å². The third-order valence-corrected chi connectivity index (χ3v) is 3.42. The second-order valence-corrected chi connectivity index (χ2v) is 4.74. The lowest BCUT2D eigenvalue weighted by atomic mass is 10.0. The van der Waals surface area contributed by atoms with Gasteiger partial charge >= 0.3 is 0 Å². The van der Waals surface area contributed by atoms with Crippen LogP contribution in [0, 0.1) is 5.82 Å². The van der Waals surface area contributed by atoms with E-state index in [1.165, 1.54) is 10.7 Å². The van der Waals surface area contributed by atoms with Crippen molar-refractivity contribution in [3.63, 3.8) is 0 Å². The summed E-state index contributed by atoms with van der Waals surface area (Å²) in [4.78, 5) is 0. The van der Waals surface area contributed by atoms with Crippen molar-refractivity contribution in [2.45, 2.75) is 12.5 Å². The van der Waals surface area contributed by atoms with Gasteiger partial charge < -0.3 is 10.1 Å². The molecular formula is C13H11FN6O. The minimum atomic E-state index is -0.345. The van der Waals surface area contributed by atoms with Crippen molar-refractivity contribution in [3.8, 4) is 5.75 Å². The van der Waals surface area contributed by atoms with Crippen LogP contribution in [0.25, 0.3) is 5.65 Å². The molecule has 0 saturated heterocycles. The molecule has 1 atom stereocenters. The number of ether oxygens (including phenoxy) is 1. The average molecular weight is 286 g/mol. The Kier molecular flexibility index (Phi) is 2.66. The fourth-order valence-corrected chi connectivity index (χ4v) is 2.44. The van der Waals surface area contributed by atoms with Crippen LogP contribution in [0.5, 0.6) is 5.75 Å². The highest BCUT2D eigenvalue weighted by Gasteiger charge is 2.24. The van der Waals surface area contributed by atoms with Crippen molar-refractivity contribution in [3.05, 3.63) is 41.7 Å². The topological polar surface area (TPSA) is 77.2 Å². The highest BCUT2D eigenvalue weighted by Crippen LogP contribution is 2.35. The summed E-state index contributed by atoms with van der Waals surface area (Å²) in [5.74, 6) is 0.588. The quantitative estimate of drug-likeness (QED) is 0.771. The van der Waals surface area contributed by atoms with E-state index < -0.39 is 0 Å². The molecule has 4 rings (SSSR count). The molecule has 0 fully saturated rings. The number of rotatable bonds is 2. The summed E-state index contributed by atoms with van der Waals surface area (Å²) in [5, 5.41) is 18.6. The van der Waals surface area contributed by atoms with Gasteiger partial charge in [0.15, 0.2) is 17.2 Å². The fraction of sp³-hybridized carbons (Fsp3) is 0.231. The summed E-state index contributed by atoms with van der Waals surface area (Å²) in [6.45, 7) is 0.457. The summed E-state index contributed by atoms with van der Waals surface area (Å²) < 4.78 is 20.5. The van der Waals surface area contributed by atoms with Gasteiger partial charge in [0.25, 0.3) is 0 Å². The highest BCUT2D eigenvalue weighted by atomic mass is 19.1. The molecule has 8 heteroatoms. The molecule has 0 unspecified atom stereocenters. The number of aromatic nitrogens is 5. The lowest BCUT2D eigenvalue weighted by molar-refractivity contribution is 0.260. The number of para-hydroxylation sites is 1. The molecule has 1 aromatic carbocycles. The molecule has 2 aromatic heterocycles. The zero-order valence-corrected chi connectivity index (χ0v) is 10.9. The molecule has 7 nitrogen and oxygen atoms in total. The Bertz CT molecular complexity index is 804. The predicted molar refractivity (Wildman–Crippen MR) is 71.5 cm³/mol. The Morgan fingerprint density at radius 2 is 2.24 bits per heavy atom. The van der Waals surface area contributed by atoms with E-state index in [1.807, 2.05) is 6.07 Å². The number of tetrazole rings is 1. The second kappa shape index (κ2) is 4.65. The van der Waals surface area contributed by atoms with Gasteiger partial charge in [0.05, 0.1) is 12.6 Å². The van der Waals surface area contributed by atoms with Crippen LogP contribution in [-0.2, 0) is 0 Å². The Labute approximate surface area is 118 Å². The van der Waals surface area contributed by atoms with Crippen molar-refractivity contribution in [2.24, 2.45) is 0 Å². The van der Waals surface area contributed by atoms with Gasteiger partial charge in [-0.3, -0.25) is 0 Å². The van der Waals surface area contributed by atoms with Crippen LogP contribution in [0.1, 0.15) is 18.0 Å². The molecule has 3 heterocycles. The van der Waals surface area contributed by atoms with Crippen LogP contribution >= 0.6 is 0 Å². The molecule has 1 aliphatic heterocycles. The third-order valence-electron chi connectivity index (χ3n) is 3.42. The smallest absolute Gasteiger partial charge is 0.200 e. The van der Waals surface area contributed by atoms with E-state index in [0.717, 1.165) is 12.0 Å². The van der Waals surface area contributed by atoms with Crippen LogP contribution in [-0.4, -0.2) is 31.9 Å². The van der Waals surface area contributed by atoms with E-state index in [-0.39, 0.29) is 11.9 Å². The summed E-state index contributed by atoms with van der Waals surface area (Å²) in [7, 11) is 0. The number of hydrogen-bond acceptors (Lipinski definition) is 6. The van der Waals surface area contributed by atoms with Crippen LogP contribution < -0.4 is 10.1 Å². The van der Waals surface area contributed by atoms with Crippen molar-refractivity contribution in [1.82, 2.24) is 25.3 Å². The van der Waals surface area contributed by atoms with E-state index in [4.69, 9.17) is 4.74 Å². The maximum atomic E-state index is 13.8. The van der Waals surface area contributed by atoms with Gasteiger partial charge in [-0.15, -0.1) is 14.8 Å². The molecule has 3 aromatic rings. The van der Waals surface area contributed by atoms with Crippen LogP contribution in [0.4, 0.5) is 10.2 Å². The van der Waals surface area contributed by atoms with E-state index >= 15 is 0 Å². The van der Waals surface area contributed by atoms with E-state index in [0.29, 0.717) is 23.8 Å². The lowest BCUT2D eigenvalue weighted by Crippen LogP contribution is -2.22. The molecule has 0 spiro atoms. The van der Waals surface area contributed by atoms with E-state index in [1.54, 1.807) is 18.2 Å². The number of nitrogens with zero attached hydrogens (tertiary/aromatic N) is 5. The Hall–Kier alpha value is -2.77. The first-order valence-corrected chi connectivity index (χ1v) is 6.54. The molecule has 21 heavy (non-hydrogen) atoms. The standard InChI is InChI=1S/C13H11FN6O/c14-9-3-1-2-8-10(6-7-21-13(8)9)15-11-4-5-12-16-18-19-20(12)17-11/h1-5,10H,6-7H2,(H,15,17)/t10-/m0/s1. The van der Waals surface area contributed by atoms with Crippen molar-refractivity contribution in [2.75, 3.05) is 11.9 Å². The van der Waals surface area contributed by atoms with Gasteiger partial charge in [-0.05, 0) is 28.6 Å². The molecule has 0 amide bonds. The predicted octanol–water partition coefficient (Wildman–Crippen LogP) is 1.59. The first-order chi connectivity index (χ1) is 10.3. The Morgan fingerprint density at radius 1 is 1.29 bits per heavy atom. The maximum absolute atomic E-state index is 13.8. The molecule has 0 bridgehead atoms. The largest absolute Gasteiger partial charge is 0.490 e. The summed E-state index contributed by atoms with van der Waals surface area (Å²) >= 11 is 0. The zero-order valence-electron chi connectivity index (χ0n) is 10.9. The third kappa shape index (κ3) is 2.04. The fourth-order valence-electron chi connectivity index (χ4n) is 2.44. The molecule has 0 saturated carbocycles. The van der Waals surface area contributed by atoms with Gasteiger partial charge in [0, 0.05) is 12.0 Å².